The molecule has 0 amide bonds. The monoisotopic (exact) mass is 260 g/mol. The standard InChI is InChI=1S/C7H8FNS.C4H9NS/c1-5-4-6(10-9)2-3-7(5)8;1-3-6-4-2-5-1/h2-4H,9H2,1H3;5H,1-4H2. The highest BCUT2D eigenvalue weighted by Crippen LogP contribution is 2.15. The molecule has 0 bridgehead atoms. The first-order chi connectivity index (χ1) is 7.74. The third kappa shape index (κ3) is 5.21. The second-order valence-corrected chi connectivity index (χ2v) is 5.32. The van der Waals surface area contributed by atoms with Gasteiger partial charge in [0, 0.05) is 29.5 Å². The number of nitrogens with two attached hydrogens (primary N) is 1. The third-order valence-electron chi connectivity index (χ3n) is 2.11. The summed E-state index contributed by atoms with van der Waals surface area (Å²) in [6, 6.07) is 4.80. The molecule has 1 saturated heterocycles. The lowest BCUT2D eigenvalue weighted by molar-refractivity contribution is 0.617. The Kier molecular flexibility index (Phi) is 6.87. The predicted octanol–water partition coefficient (Wildman–Crippen LogP) is 2.42. The SMILES string of the molecule is C1CSCCN1.Cc1cc(SN)ccc1F. The van der Waals surface area contributed by atoms with Gasteiger partial charge >= 0.3 is 0 Å². The molecule has 0 aliphatic carbocycles. The van der Waals surface area contributed by atoms with Crippen molar-refractivity contribution >= 4 is 23.7 Å². The Hall–Kier alpha value is -0.230. The molecule has 1 heterocycles. The van der Waals surface area contributed by atoms with Crippen molar-refractivity contribution in [2.75, 3.05) is 24.6 Å². The van der Waals surface area contributed by atoms with Gasteiger partial charge in [-0.3, -0.25) is 5.14 Å². The highest BCUT2D eigenvalue weighted by atomic mass is 32.2. The van der Waals surface area contributed by atoms with E-state index >= 15 is 0 Å². The van der Waals surface area contributed by atoms with Gasteiger partial charge in [0.15, 0.2) is 0 Å². The van der Waals surface area contributed by atoms with E-state index in [9.17, 15) is 4.39 Å². The van der Waals surface area contributed by atoms with Crippen LogP contribution in [0.25, 0.3) is 0 Å². The topological polar surface area (TPSA) is 38.0 Å². The molecule has 0 atom stereocenters. The first-order valence-corrected chi connectivity index (χ1v) is 7.19. The smallest absolute Gasteiger partial charge is 0.126 e. The van der Waals surface area contributed by atoms with Crippen LogP contribution in [0.15, 0.2) is 23.1 Å². The van der Waals surface area contributed by atoms with Crippen LogP contribution < -0.4 is 10.5 Å². The molecule has 0 saturated carbocycles. The number of hydrogen-bond acceptors (Lipinski definition) is 4. The average molecular weight is 260 g/mol. The van der Waals surface area contributed by atoms with Crippen LogP contribution >= 0.6 is 23.7 Å². The van der Waals surface area contributed by atoms with E-state index in [2.05, 4.69) is 5.32 Å². The molecule has 0 radical (unpaired) electrons. The summed E-state index contributed by atoms with van der Waals surface area (Å²) in [6.07, 6.45) is 0. The van der Waals surface area contributed by atoms with Gasteiger partial charge in [0.25, 0.3) is 0 Å². The van der Waals surface area contributed by atoms with Crippen molar-refractivity contribution in [1.82, 2.24) is 5.32 Å². The zero-order valence-corrected chi connectivity index (χ0v) is 11.0. The van der Waals surface area contributed by atoms with Crippen molar-refractivity contribution < 1.29 is 4.39 Å². The average Bonchev–Trinajstić information content (AvgIpc) is 2.36. The summed E-state index contributed by atoms with van der Waals surface area (Å²) in [5, 5.41) is 8.53. The van der Waals surface area contributed by atoms with Crippen LogP contribution in [0.5, 0.6) is 0 Å². The van der Waals surface area contributed by atoms with Crippen molar-refractivity contribution in [2.24, 2.45) is 5.14 Å². The van der Waals surface area contributed by atoms with Crippen LogP contribution in [-0.2, 0) is 0 Å². The van der Waals surface area contributed by atoms with E-state index in [-0.39, 0.29) is 5.82 Å². The molecule has 0 aromatic heterocycles. The lowest BCUT2D eigenvalue weighted by Crippen LogP contribution is -2.24. The molecule has 1 aromatic carbocycles. The molecular weight excluding hydrogens is 243 g/mol. The predicted molar refractivity (Wildman–Crippen MR) is 71.4 cm³/mol. The molecule has 1 aromatic rings. The largest absolute Gasteiger partial charge is 0.315 e. The van der Waals surface area contributed by atoms with Gasteiger partial charge in [-0.25, -0.2) is 4.39 Å². The first kappa shape index (κ1) is 13.8. The maximum atomic E-state index is 12.6. The summed E-state index contributed by atoms with van der Waals surface area (Å²) >= 11 is 3.16. The fourth-order valence-corrected chi connectivity index (χ4v) is 2.38. The first-order valence-electron chi connectivity index (χ1n) is 5.15. The lowest BCUT2D eigenvalue weighted by Gasteiger charge is -2.08. The summed E-state index contributed by atoms with van der Waals surface area (Å²) in [5.74, 6) is 2.43. The number of benzene rings is 1. The maximum absolute atomic E-state index is 12.6. The van der Waals surface area contributed by atoms with Gasteiger partial charge in [-0.2, -0.15) is 11.8 Å². The molecule has 0 spiro atoms. The summed E-state index contributed by atoms with van der Waals surface area (Å²) in [7, 11) is 0. The second-order valence-electron chi connectivity index (χ2n) is 3.39. The van der Waals surface area contributed by atoms with E-state index in [1.54, 1.807) is 19.1 Å². The van der Waals surface area contributed by atoms with Gasteiger partial charge in [0.1, 0.15) is 5.82 Å². The number of thioether (sulfide) groups is 1. The zero-order valence-electron chi connectivity index (χ0n) is 9.33. The van der Waals surface area contributed by atoms with E-state index in [4.69, 9.17) is 5.14 Å². The summed E-state index contributed by atoms with van der Waals surface area (Å²) in [6.45, 7) is 4.14. The highest BCUT2D eigenvalue weighted by Gasteiger charge is 1.96. The summed E-state index contributed by atoms with van der Waals surface area (Å²) in [4.78, 5) is 0.888. The molecule has 1 fully saturated rings. The Labute approximate surface area is 105 Å². The number of hydrogen-bond donors (Lipinski definition) is 2. The Morgan fingerprint density at radius 2 is 2.06 bits per heavy atom. The highest BCUT2D eigenvalue weighted by molar-refractivity contribution is 7.99. The van der Waals surface area contributed by atoms with Gasteiger partial charge in [0.05, 0.1) is 0 Å². The van der Waals surface area contributed by atoms with Crippen molar-refractivity contribution in [2.45, 2.75) is 11.8 Å². The fourth-order valence-electron chi connectivity index (χ4n) is 1.21. The molecule has 5 heteroatoms. The molecule has 1 aliphatic heterocycles. The molecule has 90 valence electrons. The van der Waals surface area contributed by atoms with Crippen LogP contribution in [-0.4, -0.2) is 24.6 Å². The van der Waals surface area contributed by atoms with Gasteiger partial charge in [-0.1, -0.05) is 0 Å². The summed E-state index contributed by atoms with van der Waals surface area (Å²) < 4.78 is 12.6. The van der Waals surface area contributed by atoms with E-state index < -0.39 is 0 Å². The molecule has 1 aliphatic rings. The Morgan fingerprint density at radius 1 is 1.38 bits per heavy atom. The van der Waals surface area contributed by atoms with Crippen molar-refractivity contribution in [3.8, 4) is 0 Å². The Balaban J connectivity index is 0.000000181. The maximum Gasteiger partial charge on any atom is 0.126 e. The molecule has 0 unspecified atom stereocenters. The quantitative estimate of drug-likeness (QED) is 0.761. The molecule has 3 N–H and O–H groups in total. The fraction of sp³-hybridized carbons (Fsp3) is 0.455. The number of aryl methyl sites for hydroxylation is 1. The van der Waals surface area contributed by atoms with Crippen LogP contribution in [0.4, 0.5) is 4.39 Å². The Morgan fingerprint density at radius 3 is 2.44 bits per heavy atom. The number of halogens is 1. The van der Waals surface area contributed by atoms with Crippen LogP contribution in [0.3, 0.4) is 0 Å². The van der Waals surface area contributed by atoms with Gasteiger partial charge < -0.3 is 5.32 Å². The minimum Gasteiger partial charge on any atom is -0.315 e. The third-order valence-corrected chi connectivity index (χ3v) is 3.62. The lowest BCUT2D eigenvalue weighted by atomic mass is 10.2. The normalized spacial score (nSPS) is 15.2. The molecule has 16 heavy (non-hydrogen) atoms. The van der Waals surface area contributed by atoms with Crippen molar-refractivity contribution in [3.05, 3.63) is 29.6 Å². The minimum atomic E-state index is -0.183. The van der Waals surface area contributed by atoms with Crippen molar-refractivity contribution in [3.63, 3.8) is 0 Å². The minimum absolute atomic E-state index is 0.183. The van der Waals surface area contributed by atoms with E-state index in [0.29, 0.717) is 5.56 Å². The van der Waals surface area contributed by atoms with Gasteiger partial charge in [-0.05, 0) is 42.6 Å². The number of nitrogens with one attached hydrogen (secondary N) is 1. The van der Waals surface area contributed by atoms with Crippen molar-refractivity contribution in [1.29, 1.82) is 0 Å². The zero-order chi connectivity index (χ0) is 11.8. The van der Waals surface area contributed by atoms with Crippen LogP contribution in [0.1, 0.15) is 5.56 Å². The van der Waals surface area contributed by atoms with E-state index in [0.717, 1.165) is 16.8 Å². The second kappa shape index (κ2) is 7.95. The van der Waals surface area contributed by atoms with Gasteiger partial charge in [0.2, 0.25) is 0 Å². The molecular formula is C11H17FN2S2. The summed E-state index contributed by atoms with van der Waals surface area (Å²) in [5.41, 5.74) is 0.635. The molecule has 2 nitrogen and oxygen atoms in total. The van der Waals surface area contributed by atoms with E-state index in [1.165, 1.54) is 30.7 Å². The van der Waals surface area contributed by atoms with Crippen LogP contribution in [0, 0.1) is 12.7 Å². The van der Waals surface area contributed by atoms with E-state index in [1.807, 2.05) is 11.8 Å². The number of rotatable bonds is 1. The molecule has 2 rings (SSSR count). The van der Waals surface area contributed by atoms with Crippen LogP contribution in [0.2, 0.25) is 0 Å². The van der Waals surface area contributed by atoms with Gasteiger partial charge in [-0.15, -0.1) is 0 Å². The Bertz CT molecular complexity index is 305.